The SMILES string of the molecule is CN(Cc1ncn[nH]1)C(=O)C(NC(N)=O)c1ccccc1. The van der Waals surface area contributed by atoms with Crippen LogP contribution in [0.25, 0.3) is 0 Å². The first-order chi connectivity index (χ1) is 10.1. The lowest BCUT2D eigenvalue weighted by molar-refractivity contribution is -0.132. The average molecular weight is 288 g/mol. The molecule has 3 amide bonds. The van der Waals surface area contributed by atoms with Gasteiger partial charge in [-0.25, -0.2) is 9.78 Å². The number of benzene rings is 1. The van der Waals surface area contributed by atoms with E-state index >= 15 is 0 Å². The van der Waals surface area contributed by atoms with Crippen LogP contribution in [0.2, 0.25) is 0 Å². The molecule has 0 aliphatic rings. The third kappa shape index (κ3) is 3.78. The smallest absolute Gasteiger partial charge is 0.313 e. The molecule has 110 valence electrons. The Balaban J connectivity index is 2.16. The molecule has 1 heterocycles. The summed E-state index contributed by atoms with van der Waals surface area (Å²) in [6.45, 7) is 0.253. The Hall–Kier alpha value is -2.90. The van der Waals surface area contributed by atoms with Crippen molar-refractivity contribution in [1.29, 1.82) is 0 Å². The van der Waals surface area contributed by atoms with Crippen molar-refractivity contribution in [2.24, 2.45) is 5.73 Å². The lowest BCUT2D eigenvalue weighted by Crippen LogP contribution is -2.43. The number of nitrogens with one attached hydrogen (secondary N) is 2. The Kier molecular flexibility index (Phi) is 4.50. The molecular formula is C13H16N6O2. The molecule has 0 spiro atoms. The van der Waals surface area contributed by atoms with Gasteiger partial charge in [0.05, 0.1) is 6.54 Å². The minimum Gasteiger partial charge on any atom is -0.352 e. The minimum atomic E-state index is -0.836. The summed E-state index contributed by atoms with van der Waals surface area (Å²) in [6.07, 6.45) is 1.37. The highest BCUT2D eigenvalue weighted by atomic mass is 16.2. The molecule has 0 radical (unpaired) electrons. The number of rotatable bonds is 5. The molecule has 1 aromatic heterocycles. The molecule has 1 unspecified atom stereocenters. The highest BCUT2D eigenvalue weighted by molar-refractivity contribution is 5.87. The molecule has 0 saturated carbocycles. The Bertz CT molecular complexity index is 598. The second kappa shape index (κ2) is 6.51. The van der Waals surface area contributed by atoms with Crippen LogP contribution in [0.15, 0.2) is 36.7 Å². The number of nitrogens with zero attached hydrogens (tertiary/aromatic N) is 3. The highest BCUT2D eigenvalue weighted by Crippen LogP contribution is 2.15. The fraction of sp³-hybridized carbons (Fsp3) is 0.231. The van der Waals surface area contributed by atoms with Crippen LogP contribution in [-0.4, -0.2) is 39.1 Å². The summed E-state index contributed by atoms with van der Waals surface area (Å²) < 4.78 is 0. The summed E-state index contributed by atoms with van der Waals surface area (Å²) in [5.74, 6) is 0.258. The van der Waals surface area contributed by atoms with Gasteiger partial charge in [0.15, 0.2) is 0 Å². The van der Waals surface area contributed by atoms with Gasteiger partial charge in [0.2, 0.25) is 5.91 Å². The maximum Gasteiger partial charge on any atom is 0.313 e. The molecule has 1 aromatic carbocycles. The Morgan fingerprint density at radius 2 is 2.10 bits per heavy atom. The Morgan fingerprint density at radius 1 is 1.38 bits per heavy atom. The number of primary amides is 1. The number of carbonyl (C=O) groups is 2. The van der Waals surface area contributed by atoms with E-state index < -0.39 is 12.1 Å². The summed E-state index contributed by atoms with van der Waals surface area (Å²) >= 11 is 0. The van der Waals surface area contributed by atoms with Crippen LogP contribution in [0, 0.1) is 0 Å². The van der Waals surface area contributed by atoms with E-state index in [1.54, 1.807) is 31.3 Å². The number of carbonyl (C=O) groups excluding carboxylic acids is 2. The van der Waals surface area contributed by atoms with Crippen molar-refractivity contribution >= 4 is 11.9 Å². The van der Waals surface area contributed by atoms with Gasteiger partial charge in [-0.3, -0.25) is 9.89 Å². The maximum absolute atomic E-state index is 12.5. The number of H-pyrrole nitrogens is 1. The number of nitrogens with two attached hydrogens (primary N) is 1. The molecule has 0 saturated heterocycles. The molecule has 4 N–H and O–H groups in total. The number of aromatic nitrogens is 3. The standard InChI is InChI=1S/C13H16N6O2/c1-19(7-10-15-8-16-18-10)12(20)11(17-13(14)21)9-5-3-2-4-6-9/h2-6,8,11H,7H2,1H3,(H3,14,17,21)(H,15,16,18). The van der Waals surface area contributed by atoms with E-state index in [0.29, 0.717) is 11.4 Å². The van der Waals surface area contributed by atoms with Crippen molar-refractivity contribution in [3.05, 3.63) is 48.0 Å². The van der Waals surface area contributed by atoms with Gasteiger partial charge in [-0.05, 0) is 5.56 Å². The second-order valence-electron chi connectivity index (χ2n) is 4.48. The van der Waals surface area contributed by atoms with Crippen LogP contribution in [0.1, 0.15) is 17.4 Å². The fourth-order valence-corrected chi connectivity index (χ4v) is 1.91. The van der Waals surface area contributed by atoms with Gasteiger partial charge >= 0.3 is 6.03 Å². The number of amides is 3. The molecular weight excluding hydrogens is 272 g/mol. The largest absolute Gasteiger partial charge is 0.352 e. The molecule has 1 atom stereocenters. The van der Waals surface area contributed by atoms with Gasteiger partial charge in [-0.15, -0.1) is 0 Å². The molecule has 0 aliphatic carbocycles. The lowest BCUT2D eigenvalue weighted by Gasteiger charge is -2.23. The van der Waals surface area contributed by atoms with E-state index in [0.717, 1.165) is 0 Å². The van der Waals surface area contributed by atoms with Gasteiger partial charge in [-0.1, -0.05) is 30.3 Å². The zero-order chi connectivity index (χ0) is 15.2. The van der Waals surface area contributed by atoms with E-state index in [4.69, 9.17) is 5.73 Å². The molecule has 2 rings (SSSR count). The van der Waals surface area contributed by atoms with Crippen LogP contribution in [-0.2, 0) is 11.3 Å². The van der Waals surface area contributed by atoms with Crippen molar-refractivity contribution < 1.29 is 9.59 Å². The zero-order valence-corrected chi connectivity index (χ0v) is 11.5. The van der Waals surface area contributed by atoms with E-state index in [-0.39, 0.29) is 12.5 Å². The third-order valence-electron chi connectivity index (χ3n) is 2.89. The normalized spacial score (nSPS) is 11.7. The van der Waals surface area contributed by atoms with Crippen LogP contribution in [0.5, 0.6) is 0 Å². The Labute approximate surface area is 121 Å². The van der Waals surface area contributed by atoms with Crippen molar-refractivity contribution in [1.82, 2.24) is 25.4 Å². The molecule has 0 bridgehead atoms. The zero-order valence-electron chi connectivity index (χ0n) is 11.5. The predicted molar refractivity (Wildman–Crippen MR) is 74.8 cm³/mol. The van der Waals surface area contributed by atoms with Crippen molar-refractivity contribution in [3.8, 4) is 0 Å². The van der Waals surface area contributed by atoms with E-state index in [2.05, 4.69) is 20.5 Å². The second-order valence-corrected chi connectivity index (χ2v) is 4.48. The van der Waals surface area contributed by atoms with E-state index in [1.807, 2.05) is 6.07 Å². The van der Waals surface area contributed by atoms with Gasteiger partial charge in [0.25, 0.3) is 0 Å². The van der Waals surface area contributed by atoms with Crippen LogP contribution in [0.3, 0.4) is 0 Å². The molecule has 8 heteroatoms. The van der Waals surface area contributed by atoms with Crippen LogP contribution in [0.4, 0.5) is 4.79 Å². The summed E-state index contributed by atoms with van der Waals surface area (Å²) in [6, 6.07) is 7.31. The summed E-state index contributed by atoms with van der Waals surface area (Å²) in [5.41, 5.74) is 5.81. The van der Waals surface area contributed by atoms with E-state index in [1.165, 1.54) is 11.2 Å². The van der Waals surface area contributed by atoms with Gasteiger partial charge in [0, 0.05) is 7.05 Å². The summed E-state index contributed by atoms with van der Waals surface area (Å²) in [7, 11) is 1.61. The van der Waals surface area contributed by atoms with Crippen LogP contribution < -0.4 is 11.1 Å². The molecule has 0 fully saturated rings. The van der Waals surface area contributed by atoms with Crippen molar-refractivity contribution in [3.63, 3.8) is 0 Å². The molecule has 2 aromatic rings. The quantitative estimate of drug-likeness (QED) is 0.727. The van der Waals surface area contributed by atoms with Gasteiger partial charge in [0.1, 0.15) is 18.2 Å². The first-order valence-corrected chi connectivity index (χ1v) is 6.28. The first kappa shape index (κ1) is 14.5. The number of likely N-dealkylation sites (N-methyl/N-ethyl adjacent to an activating group) is 1. The first-order valence-electron chi connectivity index (χ1n) is 6.28. The molecule has 0 aliphatic heterocycles. The summed E-state index contributed by atoms with van der Waals surface area (Å²) in [5, 5.41) is 8.86. The van der Waals surface area contributed by atoms with Gasteiger partial charge in [-0.2, -0.15) is 5.10 Å². The van der Waals surface area contributed by atoms with E-state index in [9.17, 15) is 9.59 Å². The topological polar surface area (TPSA) is 117 Å². The number of hydrogen-bond acceptors (Lipinski definition) is 4. The number of aromatic amines is 1. The van der Waals surface area contributed by atoms with Crippen LogP contribution >= 0.6 is 0 Å². The molecule has 8 nitrogen and oxygen atoms in total. The Morgan fingerprint density at radius 3 is 2.67 bits per heavy atom. The van der Waals surface area contributed by atoms with Gasteiger partial charge < -0.3 is 16.0 Å². The third-order valence-corrected chi connectivity index (χ3v) is 2.89. The monoisotopic (exact) mass is 288 g/mol. The highest BCUT2D eigenvalue weighted by Gasteiger charge is 2.25. The predicted octanol–water partition coefficient (Wildman–Crippen LogP) is 0.173. The fourth-order valence-electron chi connectivity index (χ4n) is 1.91. The van der Waals surface area contributed by atoms with Crippen molar-refractivity contribution in [2.45, 2.75) is 12.6 Å². The minimum absolute atomic E-state index is 0.253. The number of hydrogen-bond donors (Lipinski definition) is 3. The molecule has 21 heavy (non-hydrogen) atoms. The van der Waals surface area contributed by atoms with Crippen molar-refractivity contribution in [2.75, 3.05) is 7.05 Å². The summed E-state index contributed by atoms with van der Waals surface area (Å²) in [4.78, 5) is 29.0. The number of urea groups is 1. The maximum atomic E-state index is 12.5. The average Bonchev–Trinajstić information content (AvgIpc) is 2.97. The lowest BCUT2D eigenvalue weighted by atomic mass is 10.1.